The molecule has 146 valence electrons. The van der Waals surface area contributed by atoms with Crippen molar-refractivity contribution in [3.8, 4) is 0 Å². The lowest BCUT2D eigenvalue weighted by molar-refractivity contribution is -0.385. The Hall–Kier alpha value is -4.27. The molecular weight excluding hydrogens is 376 g/mol. The number of nitrogens with one attached hydrogen (secondary N) is 2. The van der Waals surface area contributed by atoms with E-state index in [0.29, 0.717) is 17.0 Å². The van der Waals surface area contributed by atoms with Crippen LogP contribution in [0.25, 0.3) is 0 Å². The second-order valence-electron chi connectivity index (χ2n) is 5.92. The number of carbonyl (C=O) groups excluding carboxylic acids is 2. The summed E-state index contributed by atoms with van der Waals surface area (Å²) in [6, 6.07) is 15.6. The van der Waals surface area contributed by atoms with Gasteiger partial charge < -0.3 is 9.73 Å². The van der Waals surface area contributed by atoms with Gasteiger partial charge in [-0.1, -0.05) is 24.3 Å². The molecule has 0 unspecified atom stereocenters. The molecule has 0 aliphatic rings. The Bertz CT molecular complexity index is 1070. The van der Waals surface area contributed by atoms with Gasteiger partial charge in [0, 0.05) is 11.8 Å². The average Bonchev–Trinajstić information content (AvgIpc) is 3.27. The number of furan rings is 1. The van der Waals surface area contributed by atoms with E-state index in [2.05, 4.69) is 15.8 Å². The minimum absolute atomic E-state index is 0.0787. The van der Waals surface area contributed by atoms with Gasteiger partial charge in [0.1, 0.15) is 5.56 Å². The van der Waals surface area contributed by atoms with Gasteiger partial charge in [-0.3, -0.25) is 19.7 Å². The maximum Gasteiger partial charge on any atom is 0.291 e. The normalized spacial score (nSPS) is 11.0. The van der Waals surface area contributed by atoms with Crippen molar-refractivity contribution in [3.05, 3.63) is 93.9 Å². The quantitative estimate of drug-likeness (QED) is 0.376. The van der Waals surface area contributed by atoms with Crippen LogP contribution < -0.4 is 10.7 Å². The Balaban J connectivity index is 1.66. The fourth-order valence-electron chi connectivity index (χ4n) is 2.48. The number of amides is 2. The van der Waals surface area contributed by atoms with E-state index in [1.165, 1.54) is 30.5 Å². The Kier molecular flexibility index (Phi) is 5.79. The van der Waals surface area contributed by atoms with E-state index >= 15 is 0 Å². The van der Waals surface area contributed by atoms with Crippen LogP contribution >= 0.6 is 0 Å². The molecule has 0 aliphatic carbocycles. The van der Waals surface area contributed by atoms with Crippen molar-refractivity contribution in [2.75, 3.05) is 5.32 Å². The number of para-hydroxylation sites is 1. The molecule has 1 heterocycles. The molecule has 0 spiro atoms. The van der Waals surface area contributed by atoms with E-state index in [9.17, 15) is 19.7 Å². The monoisotopic (exact) mass is 392 g/mol. The topological polar surface area (TPSA) is 127 Å². The largest absolute Gasteiger partial charge is 0.459 e. The number of hydrogen-bond donors (Lipinski definition) is 2. The highest BCUT2D eigenvalue weighted by Gasteiger charge is 2.18. The third-order valence-electron chi connectivity index (χ3n) is 3.98. The van der Waals surface area contributed by atoms with Crippen LogP contribution in [0, 0.1) is 10.1 Å². The Morgan fingerprint density at radius 2 is 1.72 bits per heavy atom. The molecule has 0 fully saturated rings. The van der Waals surface area contributed by atoms with Crippen LogP contribution in [0.4, 0.5) is 11.4 Å². The van der Waals surface area contributed by atoms with Crippen LogP contribution in [0.15, 0.2) is 76.4 Å². The highest BCUT2D eigenvalue weighted by atomic mass is 16.6. The number of anilines is 1. The van der Waals surface area contributed by atoms with Crippen LogP contribution in [-0.2, 0) is 0 Å². The summed E-state index contributed by atoms with van der Waals surface area (Å²) in [7, 11) is 0. The van der Waals surface area contributed by atoms with Gasteiger partial charge in [-0.05, 0) is 42.8 Å². The predicted octanol–water partition coefficient (Wildman–Crippen LogP) is 3.59. The van der Waals surface area contributed by atoms with Gasteiger partial charge in [-0.15, -0.1) is 0 Å². The maximum absolute atomic E-state index is 12.2. The van der Waals surface area contributed by atoms with Crippen LogP contribution in [0.2, 0.25) is 0 Å². The van der Waals surface area contributed by atoms with Crippen LogP contribution in [0.1, 0.15) is 33.4 Å². The van der Waals surface area contributed by atoms with Gasteiger partial charge in [0.15, 0.2) is 5.76 Å². The first-order valence-electron chi connectivity index (χ1n) is 8.49. The highest BCUT2D eigenvalue weighted by molar-refractivity contribution is 6.04. The molecule has 0 aliphatic heterocycles. The van der Waals surface area contributed by atoms with Crippen molar-refractivity contribution < 1.29 is 18.9 Å². The lowest BCUT2D eigenvalue weighted by Crippen LogP contribution is -2.20. The van der Waals surface area contributed by atoms with E-state index in [-0.39, 0.29) is 22.9 Å². The summed E-state index contributed by atoms with van der Waals surface area (Å²) in [5, 5.41) is 17.7. The first kappa shape index (κ1) is 19.5. The number of rotatable bonds is 6. The number of hydrogen-bond acceptors (Lipinski definition) is 6. The van der Waals surface area contributed by atoms with Crippen LogP contribution in [-0.4, -0.2) is 22.4 Å². The zero-order chi connectivity index (χ0) is 20.8. The predicted molar refractivity (Wildman–Crippen MR) is 106 cm³/mol. The van der Waals surface area contributed by atoms with Gasteiger partial charge in [-0.2, -0.15) is 5.10 Å². The van der Waals surface area contributed by atoms with E-state index in [4.69, 9.17) is 4.42 Å². The molecule has 0 atom stereocenters. The summed E-state index contributed by atoms with van der Waals surface area (Å²) in [6.45, 7) is 1.68. The van der Waals surface area contributed by atoms with E-state index in [1.54, 1.807) is 43.3 Å². The fraction of sp³-hybridized carbons (Fsp3) is 0.0500. The summed E-state index contributed by atoms with van der Waals surface area (Å²) in [5.41, 5.74) is 3.69. The first-order valence-corrected chi connectivity index (χ1v) is 8.49. The maximum atomic E-state index is 12.2. The summed E-state index contributed by atoms with van der Waals surface area (Å²) in [5.74, 6) is -0.853. The lowest BCUT2D eigenvalue weighted by Gasteiger charge is -2.06. The molecule has 2 amide bonds. The molecule has 2 N–H and O–H groups in total. The number of hydrazone groups is 1. The van der Waals surface area contributed by atoms with Gasteiger partial charge >= 0.3 is 0 Å². The molecule has 9 nitrogen and oxygen atoms in total. The Labute approximate surface area is 165 Å². The number of nitrogens with zero attached hydrogens (tertiary/aromatic N) is 2. The molecule has 0 saturated carbocycles. The van der Waals surface area contributed by atoms with E-state index in [0.717, 1.165) is 0 Å². The third-order valence-corrected chi connectivity index (χ3v) is 3.98. The molecule has 0 saturated heterocycles. The van der Waals surface area contributed by atoms with E-state index in [1.807, 2.05) is 0 Å². The van der Waals surface area contributed by atoms with Gasteiger partial charge in [0.25, 0.3) is 17.5 Å². The molecule has 0 radical (unpaired) electrons. The smallest absolute Gasteiger partial charge is 0.291 e. The highest BCUT2D eigenvalue weighted by Crippen LogP contribution is 2.17. The molecule has 3 rings (SSSR count). The van der Waals surface area contributed by atoms with Gasteiger partial charge in [-0.25, -0.2) is 5.43 Å². The summed E-state index contributed by atoms with van der Waals surface area (Å²) >= 11 is 0. The standard InChI is InChI=1S/C20H16N4O5/c1-13(22-23-19(25)16-5-2-3-6-17(16)24(27)28)14-8-10-15(11-9-14)21-20(26)18-7-4-12-29-18/h2-12H,1H3,(H,21,26)(H,23,25)/b22-13+. The summed E-state index contributed by atoms with van der Waals surface area (Å²) < 4.78 is 5.03. The first-order chi connectivity index (χ1) is 14.0. The third kappa shape index (κ3) is 4.72. The van der Waals surface area contributed by atoms with E-state index < -0.39 is 10.8 Å². The molecule has 0 bridgehead atoms. The van der Waals surface area contributed by atoms with Crippen LogP contribution in [0.5, 0.6) is 0 Å². The van der Waals surface area contributed by atoms with Crippen molar-refractivity contribution in [1.29, 1.82) is 0 Å². The van der Waals surface area contributed by atoms with Gasteiger partial charge in [0.05, 0.1) is 16.9 Å². The molecular formula is C20H16N4O5. The lowest BCUT2D eigenvalue weighted by atomic mass is 10.1. The average molecular weight is 392 g/mol. The van der Waals surface area contributed by atoms with Crippen molar-refractivity contribution in [1.82, 2.24) is 5.43 Å². The SMILES string of the molecule is C/C(=N\NC(=O)c1ccccc1[N+](=O)[O-])c1ccc(NC(=O)c2ccco2)cc1. The van der Waals surface area contributed by atoms with Crippen molar-refractivity contribution in [2.24, 2.45) is 5.10 Å². The second kappa shape index (κ2) is 8.61. The molecule has 1 aromatic heterocycles. The second-order valence-corrected chi connectivity index (χ2v) is 5.92. The van der Waals surface area contributed by atoms with Crippen LogP contribution in [0.3, 0.4) is 0 Å². The number of nitro groups is 1. The Morgan fingerprint density at radius 1 is 1.00 bits per heavy atom. The molecule has 9 heteroatoms. The Morgan fingerprint density at radius 3 is 2.38 bits per heavy atom. The number of benzene rings is 2. The molecule has 29 heavy (non-hydrogen) atoms. The number of nitro benzene ring substituents is 1. The summed E-state index contributed by atoms with van der Waals surface area (Å²) in [4.78, 5) is 34.6. The zero-order valence-corrected chi connectivity index (χ0v) is 15.3. The molecule has 3 aromatic rings. The fourth-order valence-corrected chi connectivity index (χ4v) is 2.48. The van der Waals surface area contributed by atoms with Crippen molar-refractivity contribution in [2.45, 2.75) is 6.92 Å². The van der Waals surface area contributed by atoms with Crippen molar-refractivity contribution in [3.63, 3.8) is 0 Å². The minimum Gasteiger partial charge on any atom is -0.459 e. The zero-order valence-electron chi connectivity index (χ0n) is 15.3. The molecule has 2 aromatic carbocycles. The van der Waals surface area contributed by atoms with Gasteiger partial charge in [0.2, 0.25) is 0 Å². The number of carbonyl (C=O) groups is 2. The summed E-state index contributed by atoms with van der Waals surface area (Å²) in [6.07, 6.45) is 1.41. The van der Waals surface area contributed by atoms with Crippen molar-refractivity contribution >= 4 is 28.9 Å². The minimum atomic E-state index is -0.681.